The molecular weight excluding hydrogens is 184 g/mol. The van der Waals surface area contributed by atoms with E-state index in [9.17, 15) is 0 Å². The molecule has 0 radical (unpaired) electrons. The Balaban J connectivity index is 2.45. The fraction of sp³-hybridized carbons (Fsp3) is 0.538. The van der Waals surface area contributed by atoms with Crippen LogP contribution >= 0.6 is 0 Å². The van der Waals surface area contributed by atoms with Gasteiger partial charge in [0.05, 0.1) is 11.4 Å². The third-order valence-corrected chi connectivity index (χ3v) is 3.03. The average molecular weight is 204 g/mol. The van der Waals surface area contributed by atoms with Crippen LogP contribution in [0.15, 0.2) is 24.3 Å². The SMILES string of the molecule is CN1CC(C)(C)CN(C)c2ccccc21. The summed E-state index contributed by atoms with van der Waals surface area (Å²) < 4.78 is 0. The van der Waals surface area contributed by atoms with Gasteiger partial charge < -0.3 is 9.80 Å². The summed E-state index contributed by atoms with van der Waals surface area (Å²) >= 11 is 0. The maximum Gasteiger partial charge on any atom is 0.0601 e. The average Bonchev–Trinajstić information content (AvgIpc) is 2.23. The van der Waals surface area contributed by atoms with Crippen molar-refractivity contribution in [3.05, 3.63) is 24.3 Å². The molecule has 0 aromatic heterocycles. The van der Waals surface area contributed by atoms with Crippen LogP contribution in [0.1, 0.15) is 13.8 Å². The zero-order chi connectivity index (χ0) is 11.1. The number of hydrogen-bond acceptors (Lipinski definition) is 2. The monoisotopic (exact) mass is 204 g/mol. The minimum absolute atomic E-state index is 0.336. The molecule has 1 aliphatic heterocycles. The molecule has 0 amide bonds. The lowest BCUT2D eigenvalue weighted by Gasteiger charge is -2.29. The summed E-state index contributed by atoms with van der Waals surface area (Å²) in [6.07, 6.45) is 0. The van der Waals surface area contributed by atoms with Crippen LogP contribution in [-0.4, -0.2) is 27.2 Å². The van der Waals surface area contributed by atoms with Gasteiger partial charge in [-0.1, -0.05) is 26.0 Å². The van der Waals surface area contributed by atoms with E-state index in [1.807, 2.05) is 0 Å². The van der Waals surface area contributed by atoms with E-state index in [0.717, 1.165) is 13.1 Å². The van der Waals surface area contributed by atoms with Gasteiger partial charge in [0.2, 0.25) is 0 Å². The van der Waals surface area contributed by atoms with Crippen molar-refractivity contribution in [2.75, 3.05) is 37.0 Å². The van der Waals surface area contributed by atoms with Gasteiger partial charge in [-0.2, -0.15) is 0 Å². The Morgan fingerprint density at radius 1 is 0.933 bits per heavy atom. The number of fused-ring (bicyclic) bond motifs is 1. The molecule has 0 aliphatic carbocycles. The van der Waals surface area contributed by atoms with E-state index in [2.05, 4.69) is 62.0 Å². The van der Waals surface area contributed by atoms with Crippen LogP contribution in [0.25, 0.3) is 0 Å². The minimum Gasteiger partial charge on any atom is -0.372 e. The Morgan fingerprint density at radius 3 is 1.73 bits per heavy atom. The molecule has 1 heterocycles. The largest absolute Gasteiger partial charge is 0.372 e. The van der Waals surface area contributed by atoms with Crippen LogP contribution in [0.5, 0.6) is 0 Å². The van der Waals surface area contributed by atoms with E-state index in [4.69, 9.17) is 0 Å². The number of hydrogen-bond donors (Lipinski definition) is 0. The number of para-hydroxylation sites is 2. The molecule has 0 N–H and O–H groups in total. The zero-order valence-electron chi connectivity index (χ0n) is 10.1. The molecule has 0 unspecified atom stereocenters. The normalized spacial score (nSPS) is 19.7. The predicted octanol–water partition coefficient (Wildman–Crippen LogP) is 2.60. The van der Waals surface area contributed by atoms with Gasteiger partial charge in [-0.05, 0) is 17.5 Å². The number of nitrogens with zero attached hydrogens (tertiary/aromatic N) is 2. The molecule has 2 heteroatoms. The Labute approximate surface area is 92.5 Å². The molecule has 0 saturated heterocycles. The Kier molecular flexibility index (Phi) is 2.37. The fourth-order valence-electron chi connectivity index (χ4n) is 2.61. The van der Waals surface area contributed by atoms with Crippen LogP contribution < -0.4 is 9.80 Å². The highest BCUT2D eigenvalue weighted by Crippen LogP contribution is 2.35. The lowest BCUT2D eigenvalue weighted by atomic mass is 9.93. The van der Waals surface area contributed by atoms with Gasteiger partial charge in [0, 0.05) is 27.2 Å². The van der Waals surface area contributed by atoms with E-state index in [-0.39, 0.29) is 0 Å². The fourth-order valence-corrected chi connectivity index (χ4v) is 2.61. The molecule has 1 aliphatic rings. The van der Waals surface area contributed by atoms with E-state index >= 15 is 0 Å². The second kappa shape index (κ2) is 3.44. The van der Waals surface area contributed by atoms with Crippen molar-refractivity contribution < 1.29 is 0 Å². The van der Waals surface area contributed by atoms with Crippen molar-refractivity contribution in [2.45, 2.75) is 13.8 Å². The first kappa shape index (κ1) is 10.3. The van der Waals surface area contributed by atoms with Crippen molar-refractivity contribution in [3.8, 4) is 0 Å². The van der Waals surface area contributed by atoms with Crippen molar-refractivity contribution >= 4 is 11.4 Å². The highest BCUT2D eigenvalue weighted by molar-refractivity contribution is 5.71. The summed E-state index contributed by atoms with van der Waals surface area (Å²) in [7, 11) is 4.36. The summed E-state index contributed by atoms with van der Waals surface area (Å²) in [4.78, 5) is 4.72. The number of benzene rings is 1. The smallest absolute Gasteiger partial charge is 0.0601 e. The van der Waals surface area contributed by atoms with E-state index in [1.54, 1.807) is 0 Å². The molecule has 1 aromatic carbocycles. The van der Waals surface area contributed by atoms with Crippen LogP contribution in [0.3, 0.4) is 0 Å². The Bertz CT molecular complexity index is 324. The first-order chi connectivity index (χ1) is 6.99. The Morgan fingerprint density at radius 2 is 1.33 bits per heavy atom. The van der Waals surface area contributed by atoms with Gasteiger partial charge in [-0.3, -0.25) is 0 Å². The van der Waals surface area contributed by atoms with Crippen LogP contribution in [-0.2, 0) is 0 Å². The summed E-state index contributed by atoms with van der Waals surface area (Å²) in [5.41, 5.74) is 3.01. The van der Waals surface area contributed by atoms with Gasteiger partial charge in [0.1, 0.15) is 0 Å². The summed E-state index contributed by atoms with van der Waals surface area (Å²) in [6, 6.07) is 8.63. The topological polar surface area (TPSA) is 6.48 Å². The van der Waals surface area contributed by atoms with Crippen molar-refractivity contribution in [1.29, 1.82) is 0 Å². The van der Waals surface area contributed by atoms with Gasteiger partial charge in [0.25, 0.3) is 0 Å². The first-order valence-corrected chi connectivity index (χ1v) is 5.51. The molecule has 15 heavy (non-hydrogen) atoms. The van der Waals surface area contributed by atoms with Crippen LogP contribution in [0, 0.1) is 5.41 Å². The van der Waals surface area contributed by atoms with Gasteiger partial charge >= 0.3 is 0 Å². The van der Waals surface area contributed by atoms with Crippen molar-refractivity contribution in [2.24, 2.45) is 5.41 Å². The summed E-state index contributed by atoms with van der Waals surface area (Å²) in [5, 5.41) is 0. The summed E-state index contributed by atoms with van der Waals surface area (Å²) in [5.74, 6) is 0. The highest BCUT2D eigenvalue weighted by Gasteiger charge is 2.27. The second-order valence-electron chi connectivity index (χ2n) is 5.37. The Hall–Kier alpha value is -1.18. The molecule has 1 aromatic rings. The molecule has 2 nitrogen and oxygen atoms in total. The van der Waals surface area contributed by atoms with E-state index in [0.29, 0.717) is 5.41 Å². The molecular formula is C13H20N2. The lowest BCUT2D eigenvalue weighted by Crippen LogP contribution is -2.36. The molecule has 0 atom stereocenters. The van der Waals surface area contributed by atoms with Crippen molar-refractivity contribution in [3.63, 3.8) is 0 Å². The predicted molar refractivity (Wildman–Crippen MR) is 66.8 cm³/mol. The molecule has 82 valence electrons. The van der Waals surface area contributed by atoms with E-state index < -0.39 is 0 Å². The van der Waals surface area contributed by atoms with E-state index in [1.165, 1.54) is 11.4 Å². The summed E-state index contributed by atoms with van der Waals surface area (Å²) in [6.45, 7) is 6.86. The molecule has 0 bridgehead atoms. The maximum atomic E-state index is 2.36. The van der Waals surface area contributed by atoms with Crippen molar-refractivity contribution in [1.82, 2.24) is 0 Å². The van der Waals surface area contributed by atoms with Gasteiger partial charge in [0.15, 0.2) is 0 Å². The van der Waals surface area contributed by atoms with Gasteiger partial charge in [-0.25, -0.2) is 0 Å². The molecule has 2 rings (SSSR count). The third-order valence-electron chi connectivity index (χ3n) is 3.03. The quantitative estimate of drug-likeness (QED) is 0.641. The molecule has 0 saturated carbocycles. The first-order valence-electron chi connectivity index (χ1n) is 5.51. The third kappa shape index (κ3) is 1.94. The minimum atomic E-state index is 0.336. The van der Waals surface area contributed by atoms with Crippen LogP contribution in [0.2, 0.25) is 0 Å². The molecule has 0 spiro atoms. The molecule has 0 fully saturated rings. The maximum absolute atomic E-state index is 2.36. The highest BCUT2D eigenvalue weighted by atomic mass is 15.2. The standard InChI is InChI=1S/C13H20N2/c1-13(2)9-14(3)11-7-5-6-8-12(11)15(4)10-13/h5-8H,9-10H2,1-4H3. The second-order valence-corrected chi connectivity index (χ2v) is 5.37. The zero-order valence-corrected chi connectivity index (χ0v) is 10.1. The number of rotatable bonds is 0. The van der Waals surface area contributed by atoms with Gasteiger partial charge in [-0.15, -0.1) is 0 Å². The lowest BCUT2D eigenvalue weighted by molar-refractivity contribution is 0.385. The number of anilines is 2. The van der Waals surface area contributed by atoms with Crippen LogP contribution in [0.4, 0.5) is 11.4 Å².